The molecule has 1 saturated heterocycles. The fraction of sp³-hybridized carbons (Fsp3) is 0.722. The average Bonchev–Trinajstić information content (AvgIpc) is 3.11. The van der Waals surface area contributed by atoms with E-state index in [1.807, 2.05) is 21.8 Å². The molecule has 6 nitrogen and oxygen atoms in total. The topological polar surface area (TPSA) is 64.4 Å². The van der Waals surface area contributed by atoms with Crippen LogP contribution in [0.5, 0.6) is 0 Å². The van der Waals surface area contributed by atoms with Gasteiger partial charge in [0.25, 0.3) is 0 Å². The Morgan fingerprint density at radius 1 is 1.04 bits per heavy atom. The van der Waals surface area contributed by atoms with E-state index >= 15 is 0 Å². The van der Waals surface area contributed by atoms with E-state index in [9.17, 15) is 9.59 Å². The molecule has 0 aromatic carbocycles. The lowest BCUT2D eigenvalue weighted by molar-refractivity contribution is -0.158. The summed E-state index contributed by atoms with van der Waals surface area (Å²) in [6, 6.07) is 2.05. The van der Waals surface area contributed by atoms with Crippen LogP contribution in [0.1, 0.15) is 51.0 Å². The third-order valence-electron chi connectivity index (χ3n) is 5.54. The second kappa shape index (κ2) is 6.57. The summed E-state index contributed by atoms with van der Waals surface area (Å²) in [5.41, 5.74) is 0. The molecular weight excluding hydrogens is 306 g/mol. The summed E-state index contributed by atoms with van der Waals surface area (Å²) in [5.74, 6) is 0.161. The fourth-order valence-corrected chi connectivity index (χ4v) is 4.03. The predicted octanol–water partition coefficient (Wildman–Crippen LogP) is 2.17. The summed E-state index contributed by atoms with van der Waals surface area (Å²) in [4.78, 5) is 26.8. The molecule has 1 amide bonds. The summed E-state index contributed by atoms with van der Waals surface area (Å²) in [7, 11) is 0. The standard InChI is InChI=1S/C18H25N3O3/c22-17(13-7-8-13)20-10-2-4-14(12-20)18(23)24-16-6-1-5-15(16)21-11-3-9-19-21/h3,9,11,13-16H,1-2,4-8,10,12H2/t14-,15+,16+/m0/s1. The van der Waals surface area contributed by atoms with Crippen molar-refractivity contribution in [3.63, 3.8) is 0 Å². The number of ether oxygens (including phenoxy) is 1. The maximum absolute atomic E-state index is 12.6. The van der Waals surface area contributed by atoms with Gasteiger partial charge in [-0.3, -0.25) is 14.3 Å². The van der Waals surface area contributed by atoms with E-state index < -0.39 is 0 Å². The lowest BCUT2D eigenvalue weighted by atomic mass is 9.97. The molecule has 3 aliphatic rings. The number of carbonyl (C=O) groups excluding carboxylic acids is 2. The summed E-state index contributed by atoms with van der Waals surface area (Å²) < 4.78 is 7.77. The number of aromatic nitrogens is 2. The number of piperidine rings is 1. The normalized spacial score (nSPS) is 30.3. The van der Waals surface area contributed by atoms with Gasteiger partial charge in [0.05, 0.1) is 12.0 Å². The van der Waals surface area contributed by atoms with Crippen molar-refractivity contribution in [2.75, 3.05) is 13.1 Å². The molecule has 2 aliphatic carbocycles. The predicted molar refractivity (Wildman–Crippen MR) is 87.0 cm³/mol. The highest BCUT2D eigenvalue weighted by Gasteiger charge is 2.39. The molecule has 0 unspecified atom stereocenters. The third kappa shape index (κ3) is 3.19. The van der Waals surface area contributed by atoms with E-state index in [2.05, 4.69) is 5.10 Å². The Balaban J connectivity index is 1.36. The number of hydrogen-bond donors (Lipinski definition) is 0. The van der Waals surface area contributed by atoms with Gasteiger partial charge in [0.15, 0.2) is 0 Å². The SMILES string of the molecule is O=C(O[C@@H]1CCC[C@H]1n1cccn1)[C@H]1CCCN(C(=O)C2CC2)C1. The van der Waals surface area contributed by atoms with Gasteiger partial charge in [-0.25, -0.2) is 0 Å². The van der Waals surface area contributed by atoms with Gasteiger partial charge in [-0.1, -0.05) is 0 Å². The first-order chi connectivity index (χ1) is 11.7. The van der Waals surface area contributed by atoms with Crippen LogP contribution in [-0.4, -0.2) is 45.8 Å². The van der Waals surface area contributed by atoms with Gasteiger partial charge in [-0.15, -0.1) is 0 Å². The summed E-state index contributed by atoms with van der Waals surface area (Å²) in [6.07, 6.45) is 10.3. The van der Waals surface area contributed by atoms with E-state index in [1.54, 1.807) is 6.20 Å². The zero-order valence-electron chi connectivity index (χ0n) is 14.0. The molecule has 2 heterocycles. The van der Waals surface area contributed by atoms with Crippen molar-refractivity contribution in [1.29, 1.82) is 0 Å². The first-order valence-corrected chi connectivity index (χ1v) is 9.21. The van der Waals surface area contributed by atoms with E-state index in [0.717, 1.165) is 51.5 Å². The highest BCUT2D eigenvalue weighted by atomic mass is 16.5. The maximum atomic E-state index is 12.6. The minimum Gasteiger partial charge on any atom is -0.460 e. The Labute approximate surface area is 142 Å². The molecule has 0 spiro atoms. The van der Waals surface area contributed by atoms with E-state index in [0.29, 0.717) is 6.54 Å². The molecule has 2 saturated carbocycles. The van der Waals surface area contributed by atoms with Crippen LogP contribution in [-0.2, 0) is 14.3 Å². The number of likely N-dealkylation sites (tertiary alicyclic amines) is 1. The van der Waals surface area contributed by atoms with Gasteiger partial charge < -0.3 is 9.64 Å². The number of nitrogens with zero attached hydrogens (tertiary/aromatic N) is 3. The van der Waals surface area contributed by atoms with Crippen molar-refractivity contribution in [3.05, 3.63) is 18.5 Å². The number of amides is 1. The molecule has 24 heavy (non-hydrogen) atoms. The van der Waals surface area contributed by atoms with Crippen LogP contribution < -0.4 is 0 Å². The van der Waals surface area contributed by atoms with Crippen molar-refractivity contribution in [2.24, 2.45) is 11.8 Å². The molecule has 6 heteroatoms. The molecular formula is C18H25N3O3. The van der Waals surface area contributed by atoms with Crippen LogP contribution in [0.2, 0.25) is 0 Å². The minimum absolute atomic E-state index is 0.0908. The number of hydrogen-bond acceptors (Lipinski definition) is 4. The van der Waals surface area contributed by atoms with E-state index in [-0.39, 0.29) is 35.9 Å². The molecule has 3 fully saturated rings. The van der Waals surface area contributed by atoms with Crippen molar-refractivity contribution in [1.82, 2.24) is 14.7 Å². The highest BCUT2D eigenvalue weighted by Crippen LogP contribution is 2.34. The zero-order chi connectivity index (χ0) is 16.5. The smallest absolute Gasteiger partial charge is 0.311 e. The molecule has 0 bridgehead atoms. The molecule has 0 N–H and O–H groups in total. The second-order valence-corrected chi connectivity index (χ2v) is 7.36. The van der Waals surface area contributed by atoms with Gasteiger partial charge in [0, 0.05) is 31.4 Å². The van der Waals surface area contributed by atoms with Gasteiger partial charge >= 0.3 is 5.97 Å². The first kappa shape index (κ1) is 15.7. The molecule has 4 rings (SSSR count). The molecule has 1 aliphatic heterocycles. The van der Waals surface area contributed by atoms with Crippen LogP contribution in [0.15, 0.2) is 18.5 Å². The van der Waals surface area contributed by atoms with Crippen molar-refractivity contribution >= 4 is 11.9 Å². The second-order valence-electron chi connectivity index (χ2n) is 7.36. The average molecular weight is 331 g/mol. The van der Waals surface area contributed by atoms with Gasteiger partial charge in [-0.2, -0.15) is 5.10 Å². The van der Waals surface area contributed by atoms with E-state index in [4.69, 9.17) is 4.74 Å². The van der Waals surface area contributed by atoms with Gasteiger partial charge in [-0.05, 0) is 51.0 Å². The van der Waals surface area contributed by atoms with Crippen molar-refractivity contribution in [2.45, 2.75) is 57.1 Å². The zero-order valence-corrected chi connectivity index (χ0v) is 14.0. The van der Waals surface area contributed by atoms with Crippen molar-refractivity contribution < 1.29 is 14.3 Å². The molecule has 3 atom stereocenters. The van der Waals surface area contributed by atoms with Gasteiger partial charge in [0.2, 0.25) is 5.91 Å². The van der Waals surface area contributed by atoms with Crippen LogP contribution in [0.25, 0.3) is 0 Å². The molecule has 0 radical (unpaired) electrons. The number of esters is 1. The number of rotatable bonds is 4. The van der Waals surface area contributed by atoms with Crippen LogP contribution in [0.3, 0.4) is 0 Å². The van der Waals surface area contributed by atoms with Crippen LogP contribution >= 0.6 is 0 Å². The highest BCUT2D eigenvalue weighted by molar-refractivity contribution is 5.82. The summed E-state index contributed by atoms with van der Waals surface area (Å²) in [5, 5.41) is 4.30. The minimum atomic E-state index is -0.166. The van der Waals surface area contributed by atoms with Gasteiger partial charge in [0.1, 0.15) is 6.10 Å². The lowest BCUT2D eigenvalue weighted by Crippen LogP contribution is -2.44. The lowest BCUT2D eigenvalue weighted by Gasteiger charge is -2.32. The Kier molecular flexibility index (Phi) is 4.29. The Hall–Kier alpha value is -1.85. The first-order valence-electron chi connectivity index (χ1n) is 9.21. The van der Waals surface area contributed by atoms with Crippen LogP contribution in [0, 0.1) is 11.8 Å². The Morgan fingerprint density at radius 3 is 2.67 bits per heavy atom. The quantitative estimate of drug-likeness (QED) is 0.793. The third-order valence-corrected chi connectivity index (χ3v) is 5.54. The molecule has 1 aromatic heterocycles. The van der Waals surface area contributed by atoms with E-state index in [1.165, 1.54) is 0 Å². The Morgan fingerprint density at radius 2 is 1.92 bits per heavy atom. The Bertz CT molecular complexity index is 597. The summed E-state index contributed by atoms with van der Waals surface area (Å²) in [6.45, 7) is 1.33. The monoisotopic (exact) mass is 331 g/mol. The fourth-order valence-electron chi connectivity index (χ4n) is 4.03. The van der Waals surface area contributed by atoms with Crippen molar-refractivity contribution in [3.8, 4) is 0 Å². The number of carbonyl (C=O) groups is 2. The summed E-state index contributed by atoms with van der Waals surface area (Å²) >= 11 is 0. The largest absolute Gasteiger partial charge is 0.460 e. The maximum Gasteiger partial charge on any atom is 0.311 e. The molecule has 130 valence electrons. The van der Waals surface area contributed by atoms with Crippen LogP contribution in [0.4, 0.5) is 0 Å². The molecule has 1 aromatic rings.